The number of ketones is 1. The summed E-state index contributed by atoms with van der Waals surface area (Å²) in [6, 6.07) is 5.71. The molecule has 17 heavy (non-hydrogen) atoms. The van der Waals surface area contributed by atoms with Crippen LogP contribution in [0.25, 0.3) is 0 Å². The van der Waals surface area contributed by atoms with Crippen molar-refractivity contribution in [3.63, 3.8) is 0 Å². The maximum absolute atomic E-state index is 12.4. The van der Waals surface area contributed by atoms with Crippen molar-refractivity contribution in [1.82, 2.24) is 9.78 Å². The van der Waals surface area contributed by atoms with Crippen molar-refractivity contribution < 1.29 is 4.79 Å². The van der Waals surface area contributed by atoms with E-state index < -0.39 is 0 Å². The normalized spacial score (nSPS) is 10.6. The van der Waals surface area contributed by atoms with E-state index in [4.69, 9.17) is 0 Å². The largest absolute Gasteiger partial charge is 0.287 e. The number of rotatable bonds is 2. The Labute approximate surface area is 116 Å². The van der Waals surface area contributed by atoms with Gasteiger partial charge in [-0.3, -0.25) is 9.48 Å². The molecule has 0 spiro atoms. The lowest BCUT2D eigenvalue weighted by Gasteiger charge is -2.06. The molecule has 0 N–H and O–H groups in total. The second-order valence-electron chi connectivity index (χ2n) is 3.78. The lowest BCUT2D eigenvalue weighted by molar-refractivity contribution is 0.102. The van der Waals surface area contributed by atoms with Gasteiger partial charge in [-0.25, -0.2) is 0 Å². The van der Waals surface area contributed by atoms with E-state index in [0.717, 1.165) is 10.0 Å². The van der Waals surface area contributed by atoms with Crippen molar-refractivity contribution in [2.45, 2.75) is 6.92 Å². The Bertz CT molecular complexity index is 571. The van der Waals surface area contributed by atoms with E-state index in [9.17, 15) is 4.79 Å². The summed E-state index contributed by atoms with van der Waals surface area (Å²) in [5, 5.41) is 4.05. The zero-order chi connectivity index (χ0) is 12.6. The summed E-state index contributed by atoms with van der Waals surface area (Å²) >= 11 is 6.74. The molecule has 0 aliphatic rings. The van der Waals surface area contributed by atoms with E-state index in [0.29, 0.717) is 15.7 Å². The molecule has 0 unspecified atom stereocenters. The first-order valence-electron chi connectivity index (χ1n) is 4.99. The molecule has 1 aromatic heterocycles. The highest BCUT2D eigenvalue weighted by Crippen LogP contribution is 2.24. The van der Waals surface area contributed by atoms with E-state index in [1.165, 1.54) is 0 Å². The molecule has 0 saturated heterocycles. The highest BCUT2D eigenvalue weighted by atomic mass is 79.9. The van der Waals surface area contributed by atoms with Gasteiger partial charge in [-0.1, -0.05) is 27.6 Å². The van der Waals surface area contributed by atoms with Crippen LogP contribution in [-0.2, 0) is 7.05 Å². The maximum Gasteiger partial charge on any atom is 0.213 e. The van der Waals surface area contributed by atoms with Crippen molar-refractivity contribution >= 4 is 37.6 Å². The molecule has 0 fully saturated rings. The summed E-state index contributed by atoms with van der Waals surface area (Å²) in [5.74, 6) is -0.0487. The van der Waals surface area contributed by atoms with Crippen molar-refractivity contribution in [1.29, 1.82) is 0 Å². The molecule has 1 heterocycles. The van der Waals surface area contributed by atoms with Crippen molar-refractivity contribution in [2.24, 2.45) is 7.05 Å². The molecule has 5 heteroatoms. The van der Waals surface area contributed by atoms with Gasteiger partial charge < -0.3 is 0 Å². The third-order valence-corrected chi connectivity index (χ3v) is 3.75. The van der Waals surface area contributed by atoms with Gasteiger partial charge in [-0.05, 0) is 35.0 Å². The van der Waals surface area contributed by atoms with Crippen LogP contribution in [0.5, 0.6) is 0 Å². The summed E-state index contributed by atoms with van der Waals surface area (Å²) in [4.78, 5) is 12.4. The minimum absolute atomic E-state index is 0.0487. The molecular weight excluding hydrogens is 348 g/mol. The smallest absolute Gasteiger partial charge is 0.213 e. The third kappa shape index (κ3) is 2.35. The third-order valence-electron chi connectivity index (χ3n) is 2.48. The summed E-state index contributed by atoms with van der Waals surface area (Å²) in [6.45, 7) is 1.96. The highest BCUT2D eigenvalue weighted by molar-refractivity contribution is 9.10. The predicted molar refractivity (Wildman–Crippen MR) is 73.2 cm³/mol. The molecule has 0 saturated carbocycles. The number of halogens is 2. The Balaban J connectivity index is 2.55. The van der Waals surface area contributed by atoms with Gasteiger partial charge in [0.1, 0.15) is 5.69 Å². The number of carbonyl (C=O) groups is 1. The number of aromatic nitrogens is 2. The van der Waals surface area contributed by atoms with Gasteiger partial charge in [-0.2, -0.15) is 5.10 Å². The zero-order valence-electron chi connectivity index (χ0n) is 9.37. The number of hydrogen-bond donors (Lipinski definition) is 0. The van der Waals surface area contributed by atoms with E-state index in [1.807, 2.05) is 25.1 Å². The van der Waals surface area contributed by atoms with Gasteiger partial charge in [0.2, 0.25) is 5.78 Å². The van der Waals surface area contributed by atoms with E-state index in [1.54, 1.807) is 17.9 Å². The van der Waals surface area contributed by atoms with Gasteiger partial charge in [0, 0.05) is 17.1 Å². The van der Waals surface area contributed by atoms with Crippen LogP contribution in [-0.4, -0.2) is 15.6 Å². The molecular formula is C12H10Br2N2O. The Kier molecular flexibility index (Phi) is 3.49. The SMILES string of the molecule is Cc1ccc(Br)c(C(=O)c2c(Br)cnn2C)c1. The fraction of sp³-hybridized carbons (Fsp3) is 0.167. The first-order valence-corrected chi connectivity index (χ1v) is 6.57. The van der Waals surface area contributed by atoms with E-state index in [-0.39, 0.29) is 5.78 Å². The quantitative estimate of drug-likeness (QED) is 0.771. The van der Waals surface area contributed by atoms with Crippen LogP contribution in [0.3, 0.4) is 0 Å². The molecule has 88 valence electrons. The van der Waals surface area contributed by atoms with Crippen LogP contribution in [0.1, 0.15) is 21.6 Å². The van der Waals surface area contributed by atoms with E-state index >= 15 is 0 Å². The zero-order valence-corrected chi connectivity index (χ0v) is 12.5. The maximum atomic E-state index is 12.4. The van der Waals surface area contributed by atoms with Gasteiger partial charge in [0.05, 0.1) is 10.7 Å². The van der Waals surface area contributed by atoms with Crippen LogP contribution >= 0.6 is 31.9 Å². The van der Waals surface area contributed by atoms with E-state index in [2.05, 4.69) is 37.0 Å². The molecule has 0 aliphatic heterocycles. The Morgan fingerprint density at radius 1 is 1.29 bits per heavy atom. The average Bonchev–Trinajstić information content (AvgIpc) is 2.61. The molecule has 0 atom stereocenters. The van der Waals surface area contributed by atoms with Crippen LogP contribution in [0.15, 0.2) is 33.3 Å². The molecule has 0 radical (unpaired) electrons. The van der Waals surface area contributed by atoms with Crippen LogP contribution < -0.4 is 0 Å². The minimum Gasteiger partial charge on any atom is -0.287 e. The Hall–Kier alpha value is -0.940. The second kappa shape index (κ2) is 4.74. The number of hydrogen-bond acceptors (Lipinski definition) is 2. The summed E-state index contributed by atoms with van der Waals surface area (Å²) < 4.78 is 3.07. The summed E-state index contributed by atoms with van der Waals surface area (Å²) in [5.41, 5.74) is 2.25. The summed E-state index contributed by atoms with van der Waals surface area (Å²) in [6.07, 6.45) is 1.62. The molecule has 1 aromatic carbocycles. The minimum atomic E-state index is -0.0487. The van der Waals surface area contributed by atoms with Crippen LogP contribution in [0.4, 0.5) is 0 Å². The molecule has 3 nitrogen and oxygen atoms in total. The Morgan fingerprint density at radius 3 is 2.59 bits per heavy atom. The number of nitrogens with zero attached hydrogens (tertiary/aromatic N) is 2. The lowest BCUT2D eigenvalue weighted by Crippen LogP contribution is -2.09. The predicted octanol–water partition coefficient (Wildman–Crippen LogP) is 3.48. The fourth-order valence-corrected chi connectivity index (χ4v) is 2.56. The average molecular weight is 358 g/mol. The molecule has 0 bridgehead atoms. The number of carbonyl (C=O) groups excluding carboxylic acids is 1. The lowest BCUT2D eigenvalue weighted by atomic mass is 10.1. The second-order valence-corrected chi connectivity index (χ2v) is 5.49. The van der Waals surface area contributed by atoms with Gasteiger partial charge in [0.15, 0.2) is 0 Å². The topological polar surface area (TPSA) is 34.9 Å². The van der Waals surface area contributed by atoms with Gasteiger partial charge in [0.25, 0.3) is 0 Å². The van der Waals surface area contributed by atoms with Crippen molar-refractivity contribution in [3.05, 3.63) is 50.2 Å². The van der Waals surface area contributed by atoms with Crippen LogP contribution in [0, 0.1) is 6.92 Å². The highest BCUT2D eigenvalue weighted by Gasteiger charge is 2.19. The first kappa shape index (κ1) is 12.5. The van der Waals surface area contributed by atoms with Crippen molar-refractivity contribution in [3.8, 4) is 0 Å². The number of aryl methyl sites for hydroxylation is 2. The van der Waals surface area contributed by atoms with Crippen molar-refractivity contribution in [2.75, 3.05) is 0 Å². The molecule has 2 rings (SSSR count). The van der Waals surface area contributed by atoms with Crippen LogP contribution in [0.2, 0.25) is 0 Å². The Morgan fingerprint density at radius 2 is 2.00 bits per heavy atom. The van der Waals surface area contributed by atoms with Gasteiger partial charge >= 0.3 is 0 Å². The first-order chi connectivity index (χ1) is 8.00. The number of benzene rings is 1. The van der Waals surface area contributed by atoms with Gasteiger partial charge in [-0.15, -0.1) is 0 Å². The molecule has 0 amide bonds. The fourth-order valence-electron chi connectivity index (χ4n) is 1.61. The standard InChI is InChI=1S/C12H10Br2N2O/c1-7-3-4-9(13)8(5-7)12(17)11-10(14)6-15-16(11)2/h3-6H,1-2H3. The molecule has 0 aliphatic carbocycles. The summed E-state index contributed by atoms with van der Waals surface area (Å²) in [7, 11) is 1.75. The monoisotopic (exact) mass is 356 g/mol. The molecule has 2 aromatic rings.